The second-order valence-electron chi connectivity index (χ2n) is 5.83. The monoisotopic (exact) mass is 270 g/mol. The first kappa shape index (κ1) is 13.2. The Hall–Kier alpha value is -1.81. The SMILES string of the molecule is CC(C)n1ccc(CN2CCc3c(N)cccc3C2)n1. The summed E-state index contributed by atoms with van der Waals surface area (Å²) in [5, 5.41) is 4.63. The molecule has 3 rings (SSSR count). The number of hydrogen-bond acceptors (Lipinski definition) is 3. The molecule has 0 fully saturated rings. The largest absolute Gasteiger partial charge is 0.398 e. The number of fused-ring (bicyclic) bond motifs is 1. The van der Waals surface area contributed by atoms with Crippen molar-refractivity contribution in [2.45, 2.75) is 39.4 Å². The molecule has 1 aromatic carbocycles. The van der Waals surface area contributed by atoms with E-state index in [1.54, 1.807) is 0 Å². The fraction of sp³-hybridized carbons (Fsp3) is 0.438. The Labute approximate surface area is 120 Å². The van der Waals surface area contributed by atoms with E-state index >= 15 is 0 Å². The number of hydrogen-bond donors (Lipinski definition) is 1. The minimum atomic E-state index is 0.422. The smallest absolute Gasteiger partial charge is 0.0765 e. The van der Waals surface area contributed by atoms with Crippen LogP contribution in [0.3, 0.4) is 0 Å². The van der Waals surface area contributed by atoms with Crippen molar-refractivity contribution >= 4 is 5.69 Å². The van der Waals surface area contributed by atoms with Crippen molar-refractivity contribution in [1.82, 2.24) is 14.7 Å². The molecule has 0 saturated heterocycles. The first-order valence-corrected chi connectivity index (χ1v) is 7.26. The zero-order chi connectivity index (χ0) is 14.1. The number of nitrogens with zero attached hydrogens (tertiary/aromatic N) is 3. The van der Waals surface area contributed by atoms with E-state index in [1.807, 2.05) is 16.8 Å². The van der Waals surface area contributed by atoms with E-state index in [-0.39, 0.29) is 0 Å². The van der Waals surface area contributed by atoms with Crippen LogP contribution in [-0.4, -0.2) is 21.2 Å². The Balaban J connectivity index is 1.71. The third-order valence-electron chi connectivity index (χ3n) is 3.96. The quantitative estimate of drug-likeness (QED) is 0.872. The second-order valence-corrected chi connectivity index (χ2v) is 5.83. The van der Waals surface area contributed by atoms with Crippen molar-refractivity contribution in [2.24, 2.45) is 0 Å². The van der Waals surface area contributed by atoms with Crippen LogP contribution in [0.1, 0.15) is 36.7 Å². The fourth-order valence-corrected chi connectivity index (χ4v) is 2.81. The van der Waals surface area contributed by atoms with Crippen LogP contribution >= 0.6 is 0 Å². The number of aromatic nitrogens is 2. The van der Waals surface area contributed by atoms with Gasteiger partial charge in [0.1, 0.15) is 0 Å². The molecule has 2 N–H and O–H groups in total. The lowest BCUT2D eigenvalue weighted by Gasteiger charge is -2.28. The Morgan fingerprint density at radius 2 is 2.15 bits per heavy atom. The minimum absolute atomic E-state index is 0.422. The minimum Gasteiger partial charge on any atom is -0.398 e. The molecule has 0 radical (unpaired) electrons. The summed E-state index contributed by atoms with van der Waals surface area (Å²) in [5.41, 5.74) is 10.8. The first-order valence-electron chi connectivity index (χ1n) is 7.26. The molecule has 2 heterocycles. The van der Waals surface area contributed by atoms with Crippen molar-refractivity contribution < 1.29 is 0 Å². The van der Waals surface area contributed by atoms with Crippen LogP contribution in [0, 0.1) is 0 Å². The summed E-state index contributed by atoms with van der Waals surface area (Å²) in [6.07, 6.45) is 3.10. The number of anilines is 1. The van der Waals surface area contributed by atoms with Gasteiger partial charge in [0, 0.05) is 37.6 Å². The van der Waals surface area contributed by atoms with Crippen molar-refractivity contribution in [2.75, 3.05) is 12.3 Å². The van der Waals surface area contributed by atoms with Gasteiger partial charge in [0.25, 0.3) is 0 Å². The van der Waals surface area contributed by atoms with Crippen LogP contribution in [0.5, 0.6) is 0 Å². The summed E-state index contributed by atoms with van der Waals surface area (Å²) < 4.78 is 2.02. The summed E-state index contributed by atoms with van der Waals surface area (Å²) in [5.74, 6) is 0. The van der Waals surface area contributed by atoms with Gasteiger partial charge in [-0.25, -0.2) is 0 Å². The molecule has 0 atom stereocenters. The number of nitrogens with two attached hydrogens (primary N) is 1. The lowest BCUT2D eigenvalue weighted by atomic mass is 9.98. The molecule has 1 aromatic heterocycles. The topological polar surface area (TPSA) is 47.1 Å². The molecule has 0 amide bonds. The van der Waals surface area contributed by atoms with E-state index in [9.17, 15) is 0 Å². The van der Waals surface area contributed by atoms with Gasteiger partial charge < -0.3 is 5.73 Å². The van der Waals surface area contributed by atoms with Crippen LogP contribution in [-0.2, 0) is 19.5 Å². The lowest BCUT2D eigenvalue weighted by molar-refractivity contribution is 0.242. The third-order valence-corrected chi connectivity index (χ3v) is 3.96. The van der Waals surface area contributed by atoms with Crippen LogP contribution in [0.4, 0.5) is 5.69 Å². The maximum Gasteiger partial charge on any atom is 0.0765 e. The highest BCUT2D eigenvalue weighted by molar-refractivity contribution is 5.51. The number of rotatable bonds is 3. The van der Waals surface area contributed by atoms with Gasteiger partial charge in [0.15, 0.2) is 0 Å². The third kappa shape index (κ3) is 2.56. The Morgan fingerprint density at radius 3 is 2.90 bits per heavy atom. The molecule has 0 unspecified atom stereocenters. The predicted octanol–water partition coefficient (Wildman–Crippen LogP) is 2.60. The van der Waals surface area contributed by atoms with E-state index < -0.39 is 0 Å². The van der Waals surface area contributed by atoms with Crippen LogP contribution in [0.2, 0.25) is 0 Å². The highest BCUT2D eigenvalue weighted by Gasteiger charge is 2.18. The van der Waals surface area contributed by atoms with Gasteiger partial charge in [0.05, 0.1) is 5.69 Å². The molecule has 1 aliphatic rings. The van der Waals surface area contributed by atoms with Gasteiger partial charge >= 0.3 is 0 Å². The van der Waals surface area contributed by atoms with Gasteiger partial charge in [-0.05, 0) is 43.5 Å². The van der Waals surface area contributed by atoms with Crippen LogP contribution in [0.15, 0.2) is 30.5 Å². The first-order chi connectivity index (χ1) is 9.63. The summed E-state index contributed by atoms with van der Waals surface area (Å²) in [4.78, 5) is 2.44. The van der Waals surface area contributed by atoms with E-state index in [0.29, 0.717) is 6.04 Å². The summed E-state index contributed by atoms with van der Waals surface area (Å²) in [6, 6.07) is 8.77. The lowest BCUT2D eigenvalue weighted by Crippen LogP contribution is -2.30. The summed E-state index contributed by atoms with van der Waals surface area (Å²) in [6.45, 7) is 7.23. The number of nitrogen functional groups attached to an aromatic ring is 1. The van der Waals surface area contributed by atoms with Gasteiger partial charge in [-0.3, -0.25) is 9.58 Å². The molecular weight excluding hydrogens is 248 g/mol. The molecule has 106 valence electrons. The average molecular weight is 270 g/mol. The zero-order valence-corrected chi connectivity index (χ0v) is 12.2. The Kier molecular flexibility index (Phi) is 3.49. The second kappa shape index (κ2) is 5.29. The van der Waals surface area contributed by atoms with Gasteiger partial charge in [-0.15, -0.1) is 0 Å². The van der Waals surface area contributed by atoms with Crippen LogP contribution < -0.4 is 5.73 Å². The van der Waals surface area contributed by atoms with Gasteiger partial charge in [-0.1, -0.05) is 12.1 Å². The zero-order valence-electron chi connectivity index (χ0n) is 12.2. The Morgan fingerprint density at radius 1 is 1.30 bits per heavy atom. The molecule has 0 bridgehead atoms. The van der Waals surface area contributed by atoms with Gasteiger partial charge in [-0.2, -0.15) is 5.10 Å². The normalized spacial score (nSPS) is 15.6. The van der Waals surface area contributed by atoms with E-state index in [1.165, 1.54) is 11.1 Å². The highest BCUT2D eigenvalue weighted by Crippen LogP contribution is 2.24. The Bertz CT molecular complexity index is 600. The summed E-state index contributed by atoms with van der Waals surface area (Å²) in [7, 11) is 0. The van der Waals surface area contributed by atoms with Crippen LogP contribution in [0.25, 0.3) is 0 Å². The molecule has 20 heavy (non-hydrogen) atoms. The summed E-state index contributed by atoms with van der Waals surface area (Å²) >= 11 is 0. The van der Waals surface area contributed by atoms with Gasteiger partial charge in [0.2, 0.25) is 0 Å². The predicted molar refractivity (Wildman–Crippen MR) is 81.3 cm³/mol. The average Bonchev–Trinajstić information content (AvgIpc) is 2.88. The van der Waals surface area contributed by atoms with E-state index in [0.717, 1.165) is 37.4 Å². The molecule has 2 aromatic rings. The van der Waals surface area contributed by atoms with E-state index in [2.05, 4.69) is 42.2 Å². The standard InChI is InChI=1S/C16H22N4/c1-12(2)20-9-6-14(18-20)11-19-8-7-15-13(10-19)4-3-5-16(15)17/h3-6,9,12H,7-8,10-11,17H2,1-2H3. The molecular formula is C16H22N4. The van der Waals surface area contributed by atoms with Crippen molar-refractivity contribution in [1.29, 1.82) is 0 Å². The van der Waals surface area contributed by atoms with Crippen molar-refractivity contribution in [3.63, 3.8) is 0 Å². The molecule has 4 heteroatoms. The maximum absolute atomic E-state index is 6.04. The van der Waals surface area contributed by atoms with Crippen molar-refractivity contribution in [3.05, 3.63) is 47.3 Å². The molecule has 1 aliphatic heterocycles. The van der Waals surface area contributed by atoms with Crippen molar-refractivity contribution in [3.8, 4) is 0 Å². The number of benzene rings is 1. The fourth-order valence-electron chi connectivity index (χ4n) is 2.81. The molecule has 0 saturated carbocycles. The molecule has 0 aliphatic carbocycles. The molecule has 4 nitrogen and oxygen atoms in total. The highest BCUT2D eigenvalue weighted by atomic mass is 15.3. The maximum atomic E-state index is 6.04. The molecule has 0 spiro atoms. The van der Waals surface area contributed by atoms with E-state index in [4.69, 9.17) is 5.73 Å².